The van der Waals surface area contributed by atoms with Crippen molar-refractivity contribution in [2.45, 2.75) is 26.7 Å². The van der Waals surface area contributed by atoms with Gasteiger partial charge in [-0.2, -0.15) is 0 Å². The Hall–Kier alpha value is -0.610. The molecule has 0 aliphatic rings. The van der Waals surface area contributed by atoms with Crippen LogP contribution in [0.2, 0.25) is 0 Å². The van der Waals surface area contributed by atoms with Crippen LogP contribution in [-0.4, -0.2) is 33.1 Å². The molecule has 0 unspecified atom stereocenters. The molecule has 0 fully saturated rings. The normalized spacial score (nSPS) is 10.6. The molecule has 0 N–H and O–H groups in total. The zero-order chi connectivity index (χ0) is 10.8. The molecular formula is C10H20O4. The molecule has 0 aromatic carbocycles. The number of carbonyl (C=O) groups is 1. The fourth-order valence-corrected chi connectivity index (χ4v) is 0.787. The molecule has 0 aromatic heterocycles. The Morgan fingerprint density at radius 3 is 2.57 bits per heavy atom. The second-order valence-electron chi connectivity index (χ2n) is 3.47. The van der Waals surface area contributed by atoms with E-state index in [1.807, 2.05) is 0 Å². The molecule has 0 atom stereocenters. The number of carbonyl (C=O) groups excluding carboxylic acids is 1. The summed E-state index contributed by atoms with van der Waals surface area (Å²) in [6, 6.07) is 0. The molecule has 0 radical (unpaired) electrons. The molecular weight excluding hydrogens is 184 g/mol. The van der Waals surface area contributed by atoms with E-state index in [1.54, 1.807) is 7.11 Å². The molecule has 0 saturated heterocycles. The standard InChI is InChI=1S/C10H20O4/c1-9(2)4-5-10(11)14-8-13-7-6-12-3/h9H,4-8H2,1-3H3. The van der Waals surface area contributed by atoms with Crippen molar-refractivity contribution in [2.75, 3.05) is 27.1 Å². The zero-order valence-electron chi connectivity index (χ0n) is 9.25. The smallest absolute Gasteiger partial charge is 0.307 e. The van der Waals surface area contributed by atoms with Gasteiger partial charge in [0.2, 0.25) is 0 Å². The molecule has 0 aliphatic carbocycles. The van der Waals surface area contributed by atoms with E-state index in [-0.39, 0.29) is 12.8 Å². The molecule has 0 aliphatic heterocycles. The molecule has 0 aromatic rings. The molecule has 84 valence electrons. The highest BCUT2D eigenvalue weighted by Crippen LogP contribution is 2.04. The summed E-state index contributed by atoms with van der Waals surface area (Å²) < 4.78 is 14.6. The van der Waals surface area contributed by atoms with Gasteiger partial charge in [-0.15, -0.1) is 0 Å². The van der Waals surface area contributed by atoms with E-state index in [4.69, 9.17) is 14.2 Å². The summed E-state index contributed by atoms with van der Waals surface area (Å²) in [4.78, 5) is 11.0. The number of ether oxygens (including phenoxy) is 3. The molecule has 4 heteroatoms. The molecule has 0 rings (SSSR count). The first-order chi connectivity index (χ1) is 6.66. The maximum atomic E-state index is 11.0. The summed E-state index contributed by atoms with van der Waals surface area (Å²) in [6.07, 6.45) is 1.32. The van der Waals surface area contributed by atoms with Gasteiger partial charge in [-0.25, -0.2) is 0 Å². The van der Waals surface area contributed by atoms with E-state index in [1.165, 1.54) is 0 Å². The fraction of sp³-hybridized carbons (Fsp3) is 0.900. The third kappa shape index (κ3) is 9.48. The van der Waals surface area contributed by atoms with Gasteiger partial charge in [-0.3, -0.25) is 4.79 Å². The van der Waals surface area contributed by atoms with Gasteiger partial charge in [0, 0.05) is 13.5 Å². The number of hydrogen-bond donors (Lipinski definition) is 0. The van der Waals surface area contributed by atoms with Crippen molar-refractivity contribution in [3.8, 4) is 0 Å². The van der Waals surface area contributed by atoms with Gasteiger partial charge in [0.15, 0.2) is 6.79 Å². The lowest BCUT2D eigenvalue weighted by atomic mass is 10.1. The summed E-state index contributed by atoms with van der Waals surface area (Å²) >= 11 is 0. The molecule has 14 heavy (non-hydrogen) atoms. The van der Waals surface area contributed by atoms with Crippen molar-refractivity contribution in [3.05, 3.63) is 0 Å². The van der Waals surface area contributed by atoms with Crippen LogP contribution in [0.15, 0.2) is 0 Å². The summed E-state index contributed by atoms with van der Waals surface area (Å²) in [7, 11) is 1.60. The van der Waals surface area contributed by atoms with E-state index in [0.717, 1.165) is 6.42 Å². The van der Waals surface area contributed by atoms with Crippen molar-refractivity contribution < 1.29 is 19.0 Å². The average molecular weight is 204 g/mol. The fourth-order valence-electron chi connectivity index (χ4n) is 0.787. The molecule has 0 spiro atoms. The van der Waals surface area contributed by atoms with Crippen molar-refractivity contribution >= 4 is 5.97 Å². The van der Waals surface area contributed by atoms with Gasteiger partial charge in [0.1, 0.15) is 0 Å². The monoisotopic (exact) mass is 204 g/mol. The Kier molecular flexibility index (Phi) is 8.57. The summed E-state index contributed by atoms with van der Waals surface area (Å²) in [5.41, 5.74) is 0. The Balaban J connectivity index is 3.18. The molecule has 4 nitrogen and oxygen atoms in total. The van der Waals surface area contributed by atoms with Crippen LogP contribution >= 0.6 is 0 Å². The van der Waals surface area contributed by atoms with Gasteiger partial charge >= 0.3 is 5.97 Å². The van der Waals surface area contributed by atoms with Crippen LogP contribution in [0.25, 0.3) is 0 Å². The van der Waals surface area contributed by atoms with Gasteiger partial charge in [0.25, 0.3) is 0 Å². The largest absolute Gasteiger partial charge is 0.438 e. The van der Waals surface area contributed by atoms with Crippen LogP contribution in [-0.2, 0) is 19.0 Å². The quantitative estimate of drug-likeness (QED) is 0.342. The van der Waals surface area contributed by atoms with E-state index < -0.39 is 0 Å². The van der Waals surface area contributed by atoms with Crippen LogP contribution in [0.3, 0.4) is 0 Å². The van der Waals surface area contributed by atoms with Gasteiger partial charge in [0.05, 0.1) is 13.2 Å². The molecule has 0 bridgehead atoms. The number of methoxy groups -OCH3 is 1. The third-order valence-corrected chi connectivity index (χ3v) is 1.66. The second-order valence-corrected chi connectivity index (χ2v) is 3.47. The minimum atomic E-state index is -0.198. The van der Waals surface area contributed by atoms with Crippen LogP contribution in [0.4, 0.5) is 0 Å². The first kappa shape index (κ1) is 13.4. The first-order valence-corrected chi connectivity index (χ1v) is 4.89. The Bertz CT molecular complexity index is 145. The van der Waals surface area contributed by atoms with Crippen LogP contribution in [0.1, 0.15) is 26.7 Å². The van der Waals surface area contributed by atoms with Crippen LogP contribution in [0.5, 0.6) is 0 Å². The highest BCUT2D eigenvalue weighted by Gasteiger charge is 2.03. The minimum absolute atomic E-state index is 0.0281. The van der Waals surface area contributed by atoms with Gasteiger partial charge in [-0.05, 0) is 12.3 Å². The SMILES string of the molecule is COCCOCOC(=O)CCC(C)C. The predicted octanol–water partition coefficient (Wildman–Crippen LogP) is 1.59. The Morgan fingerprint density at radius 1 is 1.29 bits per heavy atom. The van der Waals surface area contributed by atoms with Crippen LogP contribution in [0, 0.1) is 5.92 Å². The number of rotatable bonds is 8. The lowest BCUT2D eigenvalue weighted by Gasteiger charge is -2.06. The predicted molar refractivity (Wildman–Crippen MR) is 52.9 cm³/mol. The van der Waals surface area contributed by atoms with E-state index in [9.17, 15) is 4.79 Å². The average Bonchev–Trinajstić information content (AvgIpc) is 2.14. The minimum Gasteiger partial charge on any atom is -0.438 e. The topological polar surface area (TPSA) is 44.8 Å². The Labute approximate surface area is 85.5 Å². The maximum Gasteiger partial charge on any atom is 0.307 e. The van der Waals surface area contributed by atoms with Crippen molar-refractivity contribution in [2.24, 2.45) is 5.92 Å². The van der Waals surface area contributed by atoms with Crippen molar-refractivity contribution in [1.82, 2.24) is 0 Å². The van der Waals surface area contributed by atoms with E-state index >= 15 is 0 Å². The van der Waals surface area contributed by atoms with Gasteiger partial charge < -0.3 is 14.2 Å². The highest BCUT2D eigenvalue weighted by molar-refractivity contribution is 5.69. The third-order valence-electron chi connectivity index (χ3n) is 1.66. The Morgan fingerprint density at radius 2 is 2.00 bits per heavy atom. The lowest BCUT2D eigenvalue weighted by Crippen LogP contribution is -2.11. The maximum absolute atomic E-state index is 11.0. The van der Waals surface area contributed by atoms with E-state index in [2.05, 4.69) is 13.8 Å². The zero-order valence-corrected chi connectivity index (χ0v) is 9.25. The molecule has 0 heterocycles. The number of hydrogen-bond acceptors (Lipinski definition) is 4. The highest BCUT2D eigenvalue weighted by atomic mass is 16.7. The van der Waals surface area contributed by atoms with Gasteiger partial charge in [-0.1, -0.05) is 13.8 Å². The van der Waals surface area contributed by atoms with E-state index in [0.29, 0.717) is 25.6 Å². The molecule has 0 saturated carbocycles. The summed E-state index contributed by atoms with van der Waals surface area (Å²) in [5.74, 6) is 0.327. The number of esters is 1. The van der Waals surface area contributed by atoms with Crippen LogP contribution < -0.4 is 0 Å². The van der Waals surface area contributed by atoms with Crippen molar-refractivity contribution in [3.63, 3.8) is 0 Å². The molecule has 0 amide bonds. The summed E-state index contributed by atoms with van der Waals surface area (Å²) in [5, 5.41) is 0. The first-order valence-electron chi connectivity index (χ1n) is 4.89. The lowest BCUT2D eigenvalue weighted by molar-refractivity contribution is -0.157. The van der Waals surface area contributed by atoms with Crippen molar-refractivity contribution in [1.29, 1.82) is 0 Å². The summed E-state index contributed by atoms with van der Waals surface area (Å²) in [6.45, 7) is 5.14. The second kappa shape index (κ2) is 8.97.